The number of fused-ring (bicyclic) bond motifs is 7. The average molecular weight is 519 g/mol. The lowest BCUT2D eigenvalue weighted by atomic mass is 9.47. The minimum absolute atomic E-state index is 0.00178. The van der Waals surface area contributed by atoms with Crippen LogP contribution in [0.15, 0.2) is 42.0 Å². The van der Waals surface area contributed by atoms with E-state index in [0.717, 1.165) is 50.0 Å². The second kappa shape index (κ2) is 8.93. The quantitative estimate of drug-likeness (QED) is 0.299. The molecule has 2 heterocycles. The van der Waals surface area contributed by atoms with Crippen molar-refractivity contribution < 1.29 is 19.0 Å². The van der Waals surface area contributed by atoms with Gasteiger partial charge in [0.2, 0.25) is 0 Å². The Morgan fingerprint density at radius 2 is 1.82 bits per heavy atom. The van der Waals surface area contributed by atoms with Crippen LogP contribution >= 0.6 is 0 Å². The summed E-state index contributed by atoms with van der Waals surface area (Å²) in [6, 6.07) is 9.45. The van der Waals surface area contributed by atoms with Gasteiger partial charge in [-0.15, -0.1) is 0 Å². The van der Waals surface area contributed by atoms with Gasteiger partial charge in [-0.25, -0.2) is 4.79 Å². The van der Waals surface area contributed by atoms with Crippen LogP contribution in [0.5, 0.6) is 0 Å². The van der Waals surface area contributed by atoms with Crippen LogP contribution in [0, 0.1) is 46.3 Å². The molecule has 7 rings (SSSR count). The smallest absolute Gasteiger partial charge is 0.338 e. The number of benzene rings is 1. The molecule has 3 saturated carbocycles. The maximum absolute atomic E-state index is 12.7. The fourth-order valence-electron chi connectivity index (χ4n) is 10.5. The van der Waals surface area contributed by atoms with Gasteiger partial charge in [0, 0.05) is 18.8 Å². The zero-order chi connectivity index (χ0) is 26.3. The van der Waals surface area contributed by atoms with E-state index in [9.17, 15) is 4.79 Å². The average Bonchev–Trinajstić information content (AvgIpc) is 3.36. The molecule has 6 aliphatic rings. The van der Waals surface area contributed by atoms with Crippen molar-refractivity contribution in [2.24, 2.45) is 46.3 Å². The standard InChI is InChI=1S/C34H46O4/c1-21-12-17-34(36-20-21)22(2)30-29(38-34)19-28-26-11-10-24-18-25(37-31(35)23-8-6-5-7-9-23)13-15-32(24,3)27(26)14-16-33(28,30)4/h5-10,21-22,25-30H,11-20H2,1-4H3/t21?,22?,25-,26?,27?,28?,29?,30?,32-,33-,34?/m0/s1. The van der Waals surface area contributed by atoms with E-state index >= 15 is 0 Å². The monoisotopic (exact) mass is 518 g/mol. The molecular formula is C34H46O4. The molecule has 38 heavy (non-hydrogen) atoms. The molecule has 4 nitrogen and oxygen atoms in total. The van der Waals surface area contributed by atoms with Crippen molar-refractivity contribution in [1.29, 1.82) is 0 Å². The van der Waals surface area contributed by atoms with Crippen molar-refractivity contribution in [1.82, 2.24) is 0 Å². The Hall–Kier alpha value is -1.65. The summed E-state index contributed by atoms with van der Waals surface area (Å²) < 4.78 is 19.5. The third kappa shape index (κ3) is 3.65. The van der Waals surface area contributed by atoms with Crippen molar-refractivity contribution in [2.75, 3.05) is 6.61 Å². The molecule has 0 bridgehead atoms. The largest absolute Gasteiger partial charge is 0.458 e. The molecule has 4 aliphatic carbocycles. The van der Waals surface area contributed by atoms with Crippen LogP contribution in [-0.2, 0) is 14.2 Å². The van der Waals surface area contributed by atoms with Crippen LogP contribution in [0.1, 0.15) is 95.8 Å². The van der Waals surface area contributed by atoms with Crippen molar-refractivity contribution in [3.63, 3.8) is 0 Å². The molecule has 1 spiro atoms. The minimum atomic E-state index is -0.326. The van der Waals surface area contributed by atoms with Gasteiger partial charge in [-0.1, -0.05) is 57.5 Å². The van der Waals surface area contributed by atoms with E-state index < -0.39 is 0 Å². The van der Waals surface area contributed by atoms with Crippen LogP contribution < -0.4 is 0 Å². The number of rotatable bonds is 2. The molecule has 206 valence electrons. The summed E-state index contributed by atoms with van der Waals surface area (Å²) in [4.78, 5) is 12.7. The number of carbonyl (C=O) groups is 1. The van der Waals surface area contributed by atoms with Gasteiger partial charge in [-0.3, -0.25) is 0 Å². The number of hydrogen-bond donors (Lipinski definition) is 0. The fourth-order valence-corrected chi connectivity index (χ4v) is 10.5. The molecule has 4 heteroatoms. The molecule has 5 fully saturated rings. The minimum Gasteiger partial charge on any atom is -0.458 e. The van der Waals surface area contributed by atoms with Crippen molar-refractivity contribution in [2.45, 2.75) is 103 Å². The van der Waals surface area contributed by atoms with E-state index in [2.05, 4.69) is 33.8 Å². The van der Waals surface area contributed by atoms with Crippen LogP contribution in [0.2, 0.25) is 0 Å². The molecule has 11 atom stereocenters. The number of carbonyl (C=O) groups excluding carboxylic acids is 1. The summed E-state index contributed by atoms with van der Waals surface area (Å²) in [7, 11) is 0. The molecule has 1 aromatic rings. The van der Waals surface area contributed by atoms with E-state index in [1.54, 1.807) is 5.57 Å². The van der Waals surface area contributed by atoms with E-state index in [4.69, 9.17) is 14.2 Å². The van der Waals surface area contributed by atoms with E-state index in [-0.39, 0.29) is 23.3 Å². The molecule has 0 amide bonds. The molecule has 2 saturated heterocycles. The Kier molecular flexibility index (Phi) is 5.95. The number of hydrogen-bond acceptors (Lipinski definition) is 4. The third-order valence-electron chi connectivity index (χ3n) is 12.6. The van der Waals surface area contributed by atoms with Gasteiger partial charge in [0.1, 0.15) is 6.10 Å². The first-order valence-electron chi connectivity index (χ1n) is 15.5. The zero-order valence-electron chi connectivity index (χ0n) is 23.8. The Balaban J connectivity index is 1.08. The van der Waals surface area contributed by atoms with Gasteiger partial charge in [0.05, 0.1) is 18.3 Å². The number of esters is 1. The van der Waals surface area contributed by atoms with Crippen LogP contribution in [0.25, 0.3) is 0 Å². The molecule has 0 aromatic heterocycles. The molecule has 0 N–H and O–H groups in total. The van der Waals surface area contributed by atoms with Crippen molar-refractivity contribution in [3.8, 4) is 0 Å². The summed E-state index contributed by atoms with van der Waals surface area (Å²) in [5, 5.41) is 0. The van der Waals surface area contributed by atoms with Gasteiger partial charge in [0.25, 0.3) is 0 Å². The van der Waals surface area contributed by atoms with E-state index in [0.29, 0.717) is 34.8 Å². The van der Waals surface area contributed by atoms with Crippen LogP contribution in [0.3, 0.4) is 0 Å². The molecule has 8 unspecified atom stereocenters. The highest BCUT2D eigenvalue weighted by atomic mass is 16.7. The lowest BCUT2D eigenvalue weighted by molar-refractivity contribution is -0.272. The summed E-state index contributed by atoms with van der Waals surface area (Å²) in [5.41, 5.74) is 2.81. The normalized spacial score (nSPS) is 49.4. The summed E-state index contributed by atoms with van der Waals surface area (Å²) in [6.07, 6.45) is 13.3. The Morgan fingerprint density at radius 3 is 2.58 bits per heavy atom. The van der Waals surface area contributed by atoms with Crippen molar-refractivity contribution in [3.05, 3.63) is 47.5 Å². The second-order valence-corrected chi connectivity index (χ2v) is 14.4. The predicted octanol–water partition coefficient (Wildman–Crippen LogP) is 7.58. The highest BCUT2D eigenvalue weighted by Gasteiger charge is 2.68. The Bertz CT molecular complexity index is 1100. The third-order valence-corrected chi connectivity index (χ3v) is 12.6. The molecule has 1 aromatic carbocycles. The van der Waals surface area contributed by atoms with Crippen molar-refractivity contribution >= 4 is 5.97 Å². The number of ether oxygens (including phenoxy) is 3. The first kappa shape index (κ1) is 25.3. The molecular weight excluding hydrogens is 472 g/mol. The van der Waals surface area contributed by atoms with Crippen LogP contribution in [0.4, 0.5) is 0 Å². The summed E-state index contributed by atoms with van der Waals surface area (Å²) >= 11 is 0. The van der Waals surface area contributed by atoms with E-state index in [1.165, 1.54) is 32.1 Å². The first-order valence-corrected chi connectivity index (χ1v) is 15.5. The highest BCUT2D eigenvalue weighted by molar-refractivity contribution is 5.89. The predicted molar refractivity (Wildman–Crippen MR) is 147 cm³/mol. The fraction of sp³-hybridized carbons (Fsp3) is 0.735. The van der Waals surface area contributed by atoms with E-state index in [1.807, 2.05) is 30.3 Å². The maximum Gasteiger partial charge on any atom is 0.338 e. The van der Waals surface area contributed by atoms with Gasteiger partial charge in [-0.05, 0) is 97.5 Å². The van der Waals surface area contributed by atoms with Crippen LogP contribution in [-0.4, -0.2) is 30.6 Å². The SMILES string of the molecule is CC1CCC2(OC1)OC1CC3C4CC=C5C[C@@H](OC(=O)c6ccccc6)CC[C@]5(C)C4CC[C@]3(C)C1C2C. The maximum atomic E-state index is 12.7. The lowest BCUT2D eigenvalue weighted by Crippen LogP contribution is -2.52. The summed E-state index contributed by atoms with van der Waals surface area (Å²) in [6.45, 7) is 10.7. The van der Waals surface area contributed by atoms with Gasteiger partial charge in [0.15, 0.2) is 5.79 Å². The highest BCUT2D eigenvalue weighted by Crippen LogP contribution is 2.70. The topological polar surface area (TPSA) is 44.8 Å². The number of allylic oxidation sites excluding steroid dienone is 1. The van der Waals surface area contributed by atoms with Gasteiger partial charge in [-0.2, -0.15) is 0 Å². The first-order chi connectivity index (χ1) is 18.2. The molecule has 0 radical (unpaired) electrons. The lowest BCUT2D eigenvalue weighted by Gasteiger charge is -2.58. The molecule has 2 aliphatic heterocycles. The Labute approximate surface area is 228 Å². The zero-order valence-corrected chi connectivity index (χ0v) is 23.8. The Morgan fingerprint density at radius 1 is 1.00 bits per heavy atom. The second-order valence-electron chi connectivity index (χ2n) is 14.4. The van der Waals surface area contributed by atoms with Gasteiger partial charge < -0.3 is 14.2 Å². The summed E-state index contributed by atoms with van der Waals surface area (Å²) in [5.74, 6) is 3.46. The van der Waals surface area contributed by atoms with Gasteiger partial charge >= 0.3 is 5.97 Å².